The van der Waals surface area contributed by atoms with Crippen molar-refractivity contribution in [2.75, 3.05) is 18.6 Å². The van der Waals surface area contributed by atoms with Crippen LogP contribution in [0.2, 0.25) is 0 Å². The van der Waals surface area contributed by atoms with E-state index in [1.165, 1.54) is 16.8 Å². The van der Waals surface area contributed by atoms with Crippen LogP contribution in [0.4, 0.5) is 5.69 Å². The van der Waals surface area contributed by atoms with Crippen LogP contribution in [-0.2, 0) is 12.0 Å². The molecule has 134 valence electrons. The number of rotatable bonds is 2. The molecule has 3 atom stereocenters. The summed E-state index contributed by atoms with van der Waals surface area (Å²) < 4.78 is 11.9. The summed E-state index contributed by atoms with van der Waals surface area (Å²) >= 11 is 0. The van der Waals surface area contributed by atoms with Gasteiger partial charge in [0.15, 0.2) is 11.5 Å². The van der Waals surface area contributed by atoms with Crippen LogP contribution in [0.5, 0.6) is 11.5 Å². The molecule has 2 aromatic carbocycles. The van der Waals surface area contributed by atoms with E-state index < -0.39 is 6.10 Å². The molecule has 0 aromatic heterocycles. The second-order valence-electron chi connectivity index (χ2n) is 7.45. The van der Waals surface area contributed by atoms with Crippen molar-refractivity contribution in [1.29, 1.82) is 0 Å². The van der Waals surface area contributed by atoms with Crippen LogP contribution in [-0.4, -0.2) is 31.0 Å². The first-order valence-electron chi connectivity index (χ1n) is 9.26. The maximum Gasteiger partial charge on any atom is 0.166 e. The van der Waals surface area contributed by atoms with Crippen molar-refractivity contribution in [3.8, 4) is 11.5 Å². The maximum atomic E-state index is 10.2. The fourth-order valence-electron chi connectivity index (χ4n) is 4.80. The second kappa shape index (κ2) is 5.78. The van der Waals surface area contributed by atoms with Gasteiger partial charge in [0.05, 0.1) is 18.6 Å². The quantitative estimate of drug-likeness (QED) is 0.844. The van der Waals surface area contributed by atoms with E-state index in [2.05, 4.69) is 47.4 Å². The number of benzene rings is 2. The second-order valence-corrected chi connectivity index (χ2v) is 7.45. The van der Waals surface area contributed by atoms with Gasteiger partial charge in [0.25, 0.3) is 0 Å². The molecule has 4 nitrogen and oxygen atoms in total. The molecule has 0 fully saturated rings. The first kappa shape index (κ1) is 15.8. The molecule has 1 aliphatic carbocycles. The zero-order chi connectivity index (χ0) is 17.7. The van der Waals surface area contributed by atoms with Gasteiger partial charge in [-0.3, -0.25) is 0 Å². The number of hydrogen-bond donors (Lipinski definition) is 1. The molecule has 2 aliphatic heterocycles. The van der Waals surface area contributed by atoms with Crippen LogP contribution in [0.3, 0.4) is 0 Å². The van der Waals surface area contributed by atoms with Crippen molar-refractivity contribution < 1.29 is 14.6 Å². The van der Waals surface area contributed by atoms with Crippen LogP contribution < -0.4 is 14.4 Å². The first-order chi connectivity index (χ1) is 12.7. The van der Waals surface area contributed by atoms with Gasteiger partial charge in [-0.1, -0.05) is 36.4 Å². The van der Waals surface area contributed by atoms with Crippen molar-refractivity contribution >= 4 is 5.69 Å². The minimum atomic E-state index is -0.442. The number of nitrogens with zero attached hydrogens (tertiary/aromatic N) is 1. The molecule has 2 heterocycles. The van der Waals surface area contributed by atoms with Gasteiger partial charge in [-0.25, -0.2) is 0 Å². The minimum absolute atomic E-state index is 0.0386. The molecule has 4 heteroatoms. The van der Waals surface area contributed by atoms with E-state index >= 15 is 0 Å². The summed E-state index contributed by atoms with van der Waals surface area (Å²) in [5.41, 5.74) is 3.60. The van der Waals surface area contributed by atoms with Crippen LogP contribution in [0.1, 0.15) is 24.0 Å². The lowest BCUT2D eigenvalue weighted by molar-refractivity contribution is 0.0856. The highest BCUT2D eigenvalue weighted by Crippen LogP contribution is 2.55. The Kier molecular flexibility index (Phi) is 3.50. The lowest BCUT2D eigenvalue weighted by Gasteiger charge is -2.36. The SMILES string of the molecule is COc1ccc2c3c1O[C@@H]1CC(O)C=CC31CCN(c1ccccc1)C2. The third-order valence-electron chi connectivity index (χ3n) is 6.08. The largest absolute Gasteiger partial charge is 0.493 e. The number of aliphatic hydroxyl groups excluding tert-OH is 1. The van der Waals surface area contributed by atoms with Crippen LogP contribution in [0.15, 0.2) is 54.6 Å². The average molecular weight is 349 g/mol. The zero-order valence-corrected chi connectivity index (χ0v) is 14.9. The summed E-state index contributed by atoms with van der Waals surface area (Å²) in [6.45, 7) is 1.80. The van der Waals surface area contributed by atoms with Crippen molar-refractivity contribution in [2.24, 2.45) is 0 Å². The molecule has 0 saturated carbocycles. The predicted octanol–water partition coefficient (Wildman–Crippen LogP) is 3.43. The highest BCUT2D eigenvalue weighted by atomic mass is 16.5. The van der Waals surface area contributed by atoms with Gasteiger partial charge in [0.1, 0.15) is 6.10 Å². The molecule has 26 heavy (non-hydrogen) atoms. The average Bonchev–Trinajstić information content (AvgIpc) is 2.90. The van der Waals surface area contributed by atoms with E-state index in [0.29, 0.717) is 6.42 Å². The highest BCUT2D eigenvalue weighted by molar-refractivity contribution is 5.62. The first-order valence-corrected chi connectivity index (χ1v) is 9.26. The topological polar surface area (TPSA) is 41.9 Å². The summed E-state index contributed by atoms with van der Waals surface area (Å²) in [7, 11) is 1.69. The van der Waals surface area contributed by atoms with Gasteiger partial charge in [-0.05, 0) is 30.2 Å². The highest BCUT2D eigenvalue weighted by Gasteiger charge is 2.52. The number of hydrogen-bond acceptors (Lipinski definition) is 4. The van der Waals surface area contributed by atoms with Crippen molar-refractivity contribution in [3.05, 3.63) is 65.7 Å². The lowest BCUT2D eigenvalue weighted by atomic mass is 9.69. The Hall–Kier alpha value is -2.46. The Bertz CT molecular complexity index is 863. The van der Waals surface area contributed by atoms with E-state index in [1.807, 2.05) is 12.1 Å². The Morgan fingerprint density at radius 3 is 2.85 bits per heavy atom. The molecule has 2 unspecified atom stereocenters. The molecule has 0 radical (unpaired) electrons. The Balaban J connectivity index is 1.66. The van der Waals surface area contributed by atoms with Gasteiger partial charge >= 0.3 is 0 Å². The van der Waals surface area contributed by atoms with Gasteiger partial charge < -0.3 is 19.5 Å². The molecular formula is C22H23NO3. The van der Waals surface area contributed by atoms with Crippen molar-refractivity contribution in [3.63, 3.8) is 0 Å². The van der Waals surface area contributed by atoms with Crippen LogP contribution in [0.25, 0.3) is 0 Å². The predicted molar refractivity (Wildman–Crippen MR) is 101 cm³/mol. The van der Waals surface area contributed by atoms with E-state index in [-0.39, 0.29) is 11.5 Å². The number of ether oxygens (including phenoxy) is 2. The Labute approximate surface area is 153 Å². The smallest absolute Gasteiger partial charge is 0.166 e. The molecule has 0 bridgehead atoms. The maximum absolute atomic E-state index is 10.2. The van der Waals surface area contributed by atoms with E-state index in [9.17, 15) is 5.11 Å². The van der Waals surface area contributed by atoms with Gasteiger partial charge in [0, 0.05) is 30.8 Å². The van der Waals surface area contributed by atoms with Crippen LogP contribution in [0, 0.1) is 0 Å². The molecule has 1 N–H and O–H groups in total. The Morgan fingerprint density at radius 1 is 1.19 bits per heavy atom. The molecular weight excluding hydrogens is 326 g/mol. The van der Waals surface area contributed by atoms with Crippen LogP contribution >= 0.6 is 0 Å². The normalized spacial score (nSPS) is 28.8. The third kappa shape index (κ3) is 2.18. The van der Waals surface area contributed by atoms with Crippen molar-refractivity contribution in [2.45, 2.75) is 37.0 Å². The molecule has 0 amide bonds. The van der Waals surface area contributed by atoms with E-state index in [1.54, 1.807) is 7.11 Å². The monoisotopic (exact) mass is 349 g/mol. The van der Waals surface area contributed by atoms with Gasteiger partial charge in [0.2, 0.25) is 0 Å². The van der Waals surface area contributed by atoms with E-state index in [0.717, 1.165) is 31.0 Å². The molecule has 3 aliphatic rings. The Morgan fingerprint density at radius 2 is 2.04 bits per heavy atom. The number of aliphatic hydroxyl groups is 1. The summed E-state index contributed by atoms with van der Waals surface area (Å²) in [5, 5.41) is 10.2. The molecule has 0 saturated heterocycles. The minimum Gasteiger partial charge on any atom is -0.493 e. The summed E-state index contributed by atoms with van der Waals surface area (Å²) in [5.74, 6) is 1.65. The molecule has 5 rings (SSSR count). The number of anilines is 1. The third-order valence-corrected chi connectivity index (χ3v) is 6.08. The fraction of sp³-hybridized carbons (Fsp3) is 0.364. The van der Waals surface area contributed by atoms with Gasteiger partial charge in [-0.15, -0.1) is 0 Å². The standard InChI is InChI=1S/C22H23NO3/c1-25-18-8-7-15-14-23(16-5-3-2-4-6-16)12-11-22-10-9-17(24)13-19(22)26-21(18)20(15)22/h2-10,17,19,24H,11-14H2,1H3/t17?,19-,22?/m1/s1. The lowest BCUT2D eigenvalue weighted by Crippen LogP contribution is -2.43. The molecule has 2 aromatic rings. The van der Waals surface area contributed by atoms with Gasteiger partial charge in [-0.2, -0.15) is 0 Å². The van der Waals surface area contributed by atoms with E-state index in [4.69, 9.17) is 9.47 Å². The summed E-state index contributed by atoms with van der Waals surface area (Å²) in [6, 6.07) is 14.7. The van der Waals surface area contributed by atoms with Crippen molar-refractivity contribution in [1.82, 2.24) is 0 Å². The fourth-order valence-corrected chi connectivity index (χ4v) is 4.80. The molecule has 1 spiro atoms. The summed E-state index contributed by atoms with van der Waals surface area (Å²) in [6.07, 6.45) is 5.24. The number of para-hydroxylation sites is 1. The number of methoxy groups -OCH3 is 1. The zero-order valence-electron chi connectivity index (χ0n) is 14.9. The summed E-state index contributed by atoms with van der Waals surface area (Å²) in [4.78, 5) is 2.44.